The summed E-state index contributed by atoms with van der Waals surface area (Å²) in [4.78, 5) is 0. The van der Waals surface area contributed by atoms with Crippen molar-refractivity contribution in [2.75, 3.05) is 41.4 Å². The fraction of sp³-hybridized carbons (Fsp3) is 0.300. The summed E-state index contributed by atoms with van der Waals surface area (Å²) < 4.78 is 10.3. The van der Waals surface area contributed by atoms with Crippen LogP contribution < -0.4 is 9.47 Å². The lowest BCUT2D eigenvalue weighted by atomic mass is 10.2. The van der Waals surface area contributed by atoms with Gasteiger partial charge in [-0.25, -0.2) is 0 Å². The SMILES string of the molecule is COc1ccc(O)c(/C=N/N(C)CCN(C)/N=C/c2cc(OC)ccc2O)c1. The van der Waals surface area contributed by atoms with Crippen LogP contribution in [0.25, 0.3) is 0 Å². The van der Waals surface area contributed by atoms with Gasteiger partial charge in [-0.1, -0.05) is 0 Å². The summed E-state index contributed by atoms with van der Waals surface area (Å²) in [6.45, 7) is 1.22. The maximum Gasteiger partial charge on any atom is 0.124 e. The Kier molecular flexibility index (Phi) is 7.50. The molecule has 2 rings (SSSR count). The average molecular weight is 386 g/mol. The first-order valence-corrected chi connectivity index (χ1v) is 8.67. The van der Waals surface area contributed by atoms with Crippen LogP contribution in [0.2, 0.25) is 0 Å². The van der Waals surface area contributed by atoms with Crippen molar-refractivity contribution in [3.8, 4) is 23.0 Å². The molecule has 0 unspecified atom stereocenters. The molecule has 150 valence electrons. The number of methoxy groups -OCH3 is 2. The number of benzene rings is 2. The van der Waals surface area contributed by atoms with Gasteiger partial charge in [-0.2, -0.15) is 10.2 Å². The van der Waals surface area contributed by atoms with E-state index in [-0.39, 0.29) is 11.5 Å². The Balaban J connectivity index is 1.89. The predicted octanol–water partition coefficient (Wildman–Crippen LogP) is 2.35. The molecule has 0 aliphatic rings. The van der Waals surface area contributed by atoms with E-state index in [4.69, 9.17) is 9.47 Å². The fourth-order valence-electron chi connectivity index (χ4n) is 2.25. The number of rotatable bonds is 9. The molecule has 0 radical (unpaired) electrons. The molecule has 0 amide bonds. The zero-order valence-electron chi connectivity index (χ0n) is 16.5. The van der Waals surface area contributed by atoms with E-state index >= 15 is 0 Å². The highest BCUT2D eigenvalue weighted by Crippen LogP contribution is 2.22. The molecule has 0 aliphatic heterocycles. The minimum absolute atomic E-state index is 0.137. The highest BCUT2D eigenvalue weighted by Gasteiger charge is 2.03. The molecule has 0 spiro atoms. The molecular weight excluding hydrogens is 360 g/mol. The smallest absolute Gasteiger partial charge is 0.124 e. The van der Waals surface area contributed by atoms with Gasteiger partial charge in [-0.15, -0.1) is 0 Å². The number of hydrogen-bond acceptors (Lipinski definition) is 8. The summed E-state index contributed by atoms with van der Waals surface area (Å²) in [7, 11) is 6.81. The first-order valence-electron chi connectivity index (χ1n) is 8.67. The third-order valence-corrected chi connectivity index (χ3v) is 4.00. The third-order valence-electron chi connectivity index (χ3n) is 4.00. The van der Waals surface area contributed by atoms with E-state index in [2.05, 4.69) is 10.2 Å². The number of phenols is 2. The van der Waals surface area contributed by atoms with Crippen molar-refractivity contribution in [3.63, 3.8) is 0 Å². The Bertz CT molecular complexity index is 769. The number of aromatic hydroxyl groups is 2. The van der Waals surface area contributed by atoms with Crippen LogP contribution in [0.3, 0.4) is 0 Å². The first-order chi connectivity index (χ1) is 13.4. The van der Waals surface area contributed by atoms with Crippen LogP contribution >= 0.6 is 0 Å². The maximum atomic E-state index is 9.88. The summed E-state index contributed by atoms with van der Waals surface area (Å²) in [5, 5.41) is 31.9. The molecule has 28 heavy (non-hydrogen) atoms. The Labute approximate surface area is 164 Å². The summed E-state index contributed by atoms with van der Waals surface area (Å²) in [5.41, 5.74) is 1.15. The van der Waals surface area contributed by atoms with Gasteiger partial charge in [0.1, 0.15) is 23.0 Å². The largest absolute Gasteiger partial charge is 0.507 e. The highest BCUT2D eigenvalue weighted by molar-refractivity contribution is 5.84. The second-order valence-electron chi connectivity index (χ2n) is 6.10. The van der Waals surface area contributed by atoms with Crippen LogP contribution in [0.5, 0.6) is 23.0 Å². The molecule has 2 aromatic rings. The minimum atomic E-state index is 0.137. The quantitative estimate of drug-likeness (QED) is 0.508. The zero-order chi connectivity index (χ0) is 20.5. The Morgan fingerprint density at radius 1 is 0.786 bits per heavy atom. The standard InChI is InChI=1S/C20H26N4O4/c1-23(21-13-15-11-17(27-3)5-7-19(15)25)9-10-24(2)22-14-16-12-18(28-4)6-8-20(16)26/h5-8,11-14,25-26H,9-10H2,1-4H3/b21-13+,22-14+. The van der Waals surface area contributed by atoms with Gasteiger partial charge in [0, 0.05) is 25.2 Å². The van der Waals surface area contributed by atoms with Crippen molar-refractivity contribution in [1.82, 2.24) is 10.0 Å². The summed E-state index contributed by atoms with van der Waals surface area (Å²) in [5.74, 6) is 1.57. The molecule has 0 saturated carbocycles. The lowest BCUT2D eigenvalue weighted by Gasteiger charge is -2.17. The van der Waals surface area contributed by atoms with Crippen molar-refractivity contribution in [2.45, 2.75) is 0 Å². The van der Waals surface area contributed by atoms with Crippen LogP contribution in [-0.2, 0) is 0 Å². The fourth-order valence-corrected chi connectivity index (χ4v) is 2.25. The molecule has 0 atom stereocenters. The van der Waals surface area contributed by atoms with Crippen LogP contribution in [0.1, 0.15) is 11.1 Å². The van der Waals surface area contributed by atoms with Crippen molar-refractivity contribution >= 4 is 12.4 Å². The monoisotopic (exact) mass is 386 g/mol. The van der Waals surface area contributed by atoms with Gasteiger partial charge in [0.15, 0.2) is 0 Å². The van der Waals surface area contributed by atoms with Crippen molar-refractivity contribution < 1.29 is 19.7 Å². The molecule has 2 aromatic carbocycles. The van der Waals surface area contributed by atoms with Crippen LogP contribution in [0.4, 0.5) is 0 Å². The minimum Gasteiger partial charge on any atom is -0.507 e. The van der Waals surface area contributed by atoms with E-state index in [1.165, 1.54) is 0 Å². The summed E-state index contributed by atoms with van der Waals surface area (Å²) in [6.07, 6.45) is 3.16. The molecule has 0 fully saturated rings. The lowest BCUT2D eigenvalue weighted by Crippen LogP contribution is -2.25. The van der Waals surface area contributed by atoms with Crippen molar-refractivity contribution in [2.24, 2.45) is 10.2 Å². The molecule has 0 aliphatic carbocycles. The second-order valence-corrected chi connectivity index (χ2v) is 6.10. The number of nitrogens with zero attached hydrogens (tertiary/aromatic N) is 4. The van der Waals surface area contributed by atoms with Gasteiger partial charge in [0.25, 0.3) is 0 Å². The Morgan fingerprint density at radius 2 is 1.18 bits per heavy atom. The number of hydrogen-bond donors (Lipinski definition) is 2. The van der Waals surface area contributed by atoms with E-state index in [0.717, 1.165) is 0 Å². The van der Waals surface area contributed by atoms with Gasteiger partial charge < -0.3 is 19.7 Å². The Hall–Kier alpha value is -3.42. The molecule has 2 N–H and O–H groups in total. The average Bonchev–Trinajstić information content (AvgIpc) is 2.71. The third kappa shape index (κ3) is 6.08. The van der Waals surface area contributed by atoms with Gasteiger partial charge >= 0.3 is 0 Å². The highest BCUT2D eigenvalue weighted by atomic mass is 16.5. The maximum absolute atomic E-state index is 9.88. The van der Waals surface area contributed by atoms with Crippen LogP contribution in [0.15, 0.2) is 46.6 Å². The van der Waals surface area contributed by atoms with Crippen LogP contribution in [0, 0.1) is 0 Å². The molecule has 8 nitrogen and oxygen atoms in total. The van der Waals surface area contributed by atoms with E-state index in [9.17, 15) is 10.2 Å². The van der Waals surface area contributed by atoms with E-state index in [1.807, 2.05) is 14.1 Å². The normalized spacial score (nSPS) is 11.1. The molecule has 0 bridgehead atoms. The number of ether oxygens (including phenoxy) is 2. The van der Waals surface area contributed by atoms with Gasteiger partial charge in [0.05, 0.1) is 39.7 Å². The first kappa shape index (κ1) is 20.9. The van der Waals surface area contributed by atoms with Crippen LogP contribution in [-0.4, -0.2) is 74.1 Å². The van der Waals surface area contributed by atoms with Crippen molar-refractivity contribution in [1.29, 1.82) is 0 Å². The zero-order valence-corrected chi connectivity index (χ0v) is 16.5. The van der Waals surface area contributed by atoms with Gasteiger partial charge in [-0.3, -0.25) is 10.0 Å². The summed E-state index contributed by atoms with van der Waals surface area (Å²) >= 11 is 0. The lowest BCUT2D eigenvalue weighted by molar-refractivity contribution is 0.272. The van der Waals surface area contributed by atoms with E-state index in [1.54, 1.807) is 73.1 Å². The topological polar surface area (TPSA) is 90.1 Å². The molecular formula is C20H26N4O4. The van der Waals surface area contributed by atoms with Gasteiger partial charge in [0.2, 0.25) is 0 Å². The van der Waals surface area contributed by atoms with Gasteiger partial charge in [-0.05, 0) is 36.4 Å². The molecule has 8 heteroatoms. The molecule has 0 heterocycles. The molecule has 0 saturated heterocycles. The Morgan fingerprint density at radius 3 is 1.54 bits per heavy atom. The summed E-state index contributed by atoms with van der Waals surface area (Å²) in [6, 6.07) is 9.92. The number of phenolic OH excluding ortho intramolecular Hbond substituents is 2. The number of hydrazone groups is 2. The predicted molar refractivity (Wildman–Crippen MR) is 110 cm³/mol. The van der Waals surface area contributed by atoms with Crippen molar-refractivity contribution in [3.05, 3.63) is 47.5 Å². The number of likely N-dealkylation sites (N-methyl/N-ethyl adjacent to an activating group) is 2. The second kappa shape index (κ2) is 10.1. The van der Waals surface area contributed by atoms with E-state index in [0.29, 0.717) is 35.7 Å². The van der Waals surface area contributed by atoms with E-state index < -0.39 is 0 Å². The molecule has 0 aromatic heterocycles.